The maximum atomic E-state index is 5.03. The normalized spacial score (nSPS) is 11.3. The van der Waals surface area contributed by atoms with Gasteiger partial charge in [0.25, 0.3) is 0 Å². The Morgan fingerprint density at radius 2 is 2.21 bits per heavy atom. The van der Waals surface area contributed by atoms with Crippen LogP contribution in [0.2, 0.25) is 0 Å². The Bertz CT molecular complexity index is 510. The van der Waals surface area contributed by atoms with Gasteiger partial charge in [-0.2, -0.15) is 11.8 Å². The van der Waals surface area contributed by atoms with Crippen molar-refractivity contribution in [2.75, 3.05) is 32.3 Å². The van der Waals surface area contributed by atoms with Crippen LogP contribution in [0.25, 0.3) is 10.9 Å². The van der Waals surface area contributed by atoms with Gasteiger partial charge in [-0.1, -0.05) is 12.1 Å². The first-order valence-electron chi connectivity index (χ1n) is 6.61. The maximum Gasteiger partial charge on any atom is 0.0587 e. The minimum atomic E-state index is 0.756. The number of ether oxygens (including phenoxy) is 1. The number of nitrogens with one attached hydrogen (secondary N) is 1. The molecule has 2 aromatic rings. The monoisotopic (exact) mass is 278 g/mol. The van der Waals surface area contributed by atoms with Gasteiger partial charge in [0.1, 0.15) is 0 Å². The van der Waals surface area contributed by atoms with E-state index in [-0.39, 0.29) is 0 Å². The summed E-state index contributed by atoms with van der Waals surface area (Å²) in [6.07, 6.45) is 4.33. The Kier molecular flexibility index (Phi) is 5.76. The van der Waals surface area contributed by atoms with E-state index in [1.165, 1.54) is 16.5 Å². The highest BCUT2D eigenvalue weighted by Gasteiger charge is 2.02. The molecule has 0 atom stereocenters. The van der Waals surface area contributed by atoms with E-state index in [0.29, 0.717) is 0 Å². The zero-order chi connectivity index (χ0) is 13.5. The van der Waals surface area contributed by atoms with Crippen molar-refractivity contribution < 1.29 is 4.74 Å². The predicted molar refractivity (Wildman–Crippen MR) is 83.9 cm³/mol. The molecule has 104 valence electrons. The number of nitrogens with zero attached hydrogens (tertiary/aromatic N) is 1. The molecule has 19 heavy (non-hydrogen) atoms. The summed E-state index contributed by atoms with van der Waals surface area (Å²) in [6, 6.07) is 8.88. The standard InChI is InChI=1S/C15H22N2OS/c1-18-9-6-16-12-13-3-4-14-5-7-17(8-10-19-2)15(14)11-13/h3-5,7,11,16H,6,8-10,12H2,1-2H3. The van der Waals surface area contributed by atoms with E-state index in [2.05, 4.69) is 46.6 Å². The second kappa shape index (κ2) is 7.58. The largest absolute Gasteiger partial charge is 0.383 e. The van der Waals surface area contributed by atoms with Gasteiger partial charge < -0.3 is 14.6 Å². The van der Waals surface area contributed by atoms with Gasteiger partial charge in [-0.25, -0.2) is 0 Å². The summed E-state index contributed by atoms with van der Waals surface area (Å²) in [5.41, 5.74) is 2.66. The Labute approximate surface area is 119 Å². The molecule has 0 radical (unpaired) electrons. The van der Waals surface area contributed by atoms with Crippen LogP contribution in [0.5, 0.6) is 0 Å². The number of thioether (sulfide) groups is 1. The van der Waals surface area contributed by atoms with Crippen LogP contribution in [0.15, 0.2) is 30.5 Å². The van der Waals surface area contributed by atoms with E-state index in [1.54, 1.807) is 7.11 Å². The van der Waals surface area contributed by atoms with Crippen LogP contribution in [0.4, 0.5) is 0 Å². The van der Waals surface area contributed by atoms with Crippen LogP contribution in [0.3, 0.4) is 0 Å². The number of hydrogen-bond donors (Lipinski definition) is 1. The zero-order valence-electron chi connectivity index (χ0n) is 11.7. The van der Waals surface area contributed by atoms with Crippen LogP contribution >= 0.6 is 11.8 Å². The molecule has 1 N–H and O–H groups in total. The molecule has 0 aliphatic carbocycles. The molecule has 0 saturated carbocycles. The highest BCUT2D eigenvalue weighted by molar-refractivity contribution is 7.98. The molecule has 0 unspecified atom stereocenters. The molecule has 1 aromatic carbocycles. The first-order valence-corrected chi connectivity index (χ1v) is 8.01. The summed E-state index contributed by atoms with van der Waals surface area (Å²) in [5, 5.41) is 4.70. The number of rotatable bonds is 8. The summed E-state index contributed by atoms with van der Waals surface area (Å²) in [5.74, 6) is 1.15. The Balaban J connectivity index is 2.05. The number of benzene rings is 1. The van der Waals surface area contributed by atoms with Gasteiger partial charge in [-0.15, -0.1) is 0 Å². The molecule has 3 nitrogen and oxygen atoms in total. The number of hydrogen-bond acceptors (Lipinski definition) is 3. The van der Waals surface area contributed by atoms with Crippen LogP contribution in [0, 0.1) is 0 Å². The molecule has 0 bridgehead atoms. The Morgan fingerprint density at radius 1 is 1.32 bits per heavy atom. The van der Waals surface area contributed by atoms with E-state index in [0.717, 1.165) is 32.0 Å². The maximum absolute atomic E-state index is 5.03. The minimum Gasteiger partial charge on any atom is -0.383 e. The van der Waals surface area contributed by atoms with Crippen molar-refractivity contribution in [1.29, 1.82) is 0 Å². The smallest absolute Gasteiger partial charge is 0.0587 e. The van der Waals surface area contributed by atoms with Crippen LogP contribution in [0.1, 0.15) is 5.56 Å². The fourth-order valence-electron chi connectivity index (χ4n) is 2.13. The minimum absolute atomic E-state index is 0.756. The van der Waals surface area contributed by atoms with Crippen molar-refractivity contribution in [3.8, 4) is 0 Å². The summed E-state index contributed by atoms with van der Waals surface area (Å²) in [6.45, 7) is 3.62. The summed E-state index contributed by atoms with van der Waals surface area (Å²) in [4.78, 5) is 0. The van der Waals surface area contributed by atoms with Crippen LogP contribution in [-0.2, 0) is 17.8 Å². The molecule has 1 aromatic heterocycles. The lowest BCUT2D eigenvalue weighted by Gasteiger charge is -2.07. The van der Waals surface area contributed by atoms with Crippen molar-refractivity contribution in [1.82, 2.24) is 9.88 Å². The molecule has 2 rings (SSSR count). The average molecular weight is 278 g/mol. The SMILES string of the molecule is COCCNCc1ccc2ccn(CCSC)c2c1. The van der Waals surface area contributed by atoms with Crippen molar-refractivity contribution in [3.63, 3.8) is 0 Å². The number of aromatic nitrogens is 1. The van der Waals surface area contributed by atoms with E-state index in [9.17, 15) is 0 Å². The van der Waals surface area contributed by atoms with Crippen molar-refractivity contribution in [2.45, 2.75) is 13.1 Å². The van der Waals surface area contributed by atoms with Gasteiger partial charge in [0.05, 0.1) is 6.61 Å². The molecular formula is C15H22N2OS. The van der Waals surface area contributed by atoms with Crippen LogP contribution < -0.4 is 5.32 Å². The number of fused-ring (bicyclic) bond motifs is 1. The summed E-state index contributed by atoms with van der Waals surface area (Å²) in [7, 11) is 1.73. The van der Waals surface area contributed by atoms with E-state index in [4.69, 9.17) is 4.74 Å². The third-order valence-electron chi connectivity index (χ3n) is 3.19. The lowest BCUT2D eigenvalue weighted by Crippen LogP contribution is -2.18. The molecule has 4 heteroatoms. The van der Waals surface area contributed by atoms with E-state index >= 15 is 0 Å². The van der Waals surface area contributed by atoms with Gasteiger partial charge >= 0.3 is 0 Å². The number of methoxy groups -OCH3 is 1. The lowest BCUT2D eigenvalue weighted by atomic mass is 10.1. The lowest BCUT2D eigenvalue weighted by molar-refractivity contribution is 0.199. The molecule has 0 spiro atoms. The molecule has 0 amide bonds. The van der Waals surface area contributed by atoms with Gasteiger partial charge in [0.2, 0.25) is 0 Å². The van der Waals surface area contributed by atoms with Gasteiger partial charge in [-0.3, -0.25) is 0 Å². The topological polar surface area (TPSA) is 26.2 Å². The van der Waals surface area contributed by atoms with Gasteiger partial charge in [0.15, 0.2) is 0 Å². The highest BCUT2D eigenvalue weighted by atomic mass is 32.2. The first-order chi connectivity index (χ1) is 9.35. The van der Waals surface area contributed by atoms with Gasteiger partial charge in [0, 0.05) is 44.2 Å². The zero-order valence-corrected chi connectivity index (χ0v) is 12.5. The molecule has 0 aliphatic heterocycles. The van der Waals surface area contributed by atoms with Crippen molar-refractivity contribution in [3.05, 3.63) is 36.0 Å². The third kappa shape index (κ3) is 4.00. The quantitative estimate of drug-likeness (QED) is 0.752. The Hall–Kier alpha value is -0.970. The second-order valence-corrected chi connectivity index (χ2v) is 5.55. The first kappa shape index (κ1) is 14.4. The Morgan fingerprint density at radius 3 is 3.00 bits per heavy atom. The fraction of sp³-hybridized carbons (Fsp3) is 0.467. The van der Waals surface area contributed by atoms with E-state index < -0.39 is 0 Å². The molecule has 0 fully saturated rings. The molecule has 1 heterocycles. The molecular weight excluding hydrogens is 256 g/mol. The summed E-state index contributed by atoms with van der Waals surface area (Å²) >= 11 is 1.88. The summed E-state index contributed by atoms with van der Waals surface area (Å²) < 4.78 is 7.37. The number of aryl methyl sites for hydroxylation is 1. The van der Waals surface area contributed by atoms with Crippen molar-refractivity contribution >= 4 is 22.7 Å². The fourth-order valence-corrected chi connectivity index (χ4v) is 2.51. The second-order valence-electron chi connectivity index (χ2n) is 4.56. The van der Waals surface area contributed by atoms with Crippen LogP contribution in [-0.4, -0.2) is 36.8 Å². The highest BCUT2D eigenvalue weighted by Crippen LogP contribution is 2.18. The molecule has 0 aliphatic rings. The van der Waals surface area contributed by atoms with E-state index in [1.807, 2.05) is 11.8 Å². The molecule has 0 saturated heterocycles. The van der Waals surface area contributed by atoms with Crippen molar-refractivity contribution in [2.24, 2.45) is 0 Å². The third-order valence-corrected chi connectivity index (χ3v) is 3.78. The average Bonchev–Trinajstić information content (AvgIpc) is 2.84. The predicted octanol–water partition coefficient (Wildman–Crippen LogP) is 2.74. The van der Waals surface area contributed by atoms with Gasteiger partial charge in [-0.05, 0) is 29.3 Å².